The van der Waals surface area contributed by atoms with Gasteiger partial charge in [0.1, 0.15) is 5.82 Å². The number of aliphatic carboxylic acids is 1. The van der Waals surface area contributed by atoms with Crippen LogP contribution in [-0.4, -0.2) is 25.5 Å². The topological polar surface area (TPSA) is 74.7 Å². The maximum Gasteiger partial charge on any atom is 0.416 e. The normalized spacial score (nSPS) is 18.3. The summed E-state index contributed by atoms with van der Waals surface area (Å²) in [5.74, 6) is -2.92. The van der Waals surface area contributed by atoms with Crippen LogP contribution in [0.1, 0.15) is 36.1 Å². The van der Waals surface area contributed by atoms with Crippen molar-refractivity contribution in [3.63, 3.8) is 0 Å². The Bertz CT molecular complexity index is 1530. The van der Waals surface area contributed by atoms with Gasteiger partial charge in [0.15, 0.2) is 0 Å². The van der Waals surface area contributed by atoms with Crippen LogP contribution in [0.2, 0.25) is 5.02 Å². The minimum absolute atomic E-state index is 0.0164. The molecule has 0 fully saturated rings. The highest BCUT2D eigenvalue weighted by Crippen LogP contribution is 2.40. The molecule has 1 aliphatic rings. The lowest BCUT2D eigenvalue weighted by Crippen LogP contribution is -2.49. The van der Waals surface area contributed by atoms with E-state index in [1.54, 1.807) is 25.1 Å². The van der Waals surface area contributed by atoms with Crippen molar-refractivity contribution < 1.29 is 35.9 Å². The van der Waals surface area contributed by atoms with Crippen LogP contribution in [0.25, 0.3) is 11.6 Å². The van der Waals surface area contributed by atoms with Gasteiger partial charge < -0.3 is 5.11 Å². The van der Waals surface area contributed by atoms with Crippen LogP contribution < -0.4 is 4.31 Å². The maximum absolute atomic E-state index is 14.4. The summed E-state index contributed by atoms with van der Waals surface area (Å²) in [6.07, 6.45) is -3.17. The Morgan fingerprint density at radius 3 is 2.42 bits per heavy atom. The van der Waals surface area contributed by atoms with Gasteiger partial charge in [-0.15, -0.1) is 0 Å². The van der Waals surface area contributed by atoms with Crippen molar-refractivity contribution in [2.24, 2.45) is 5.92 Å². The van der Waals surface area contributed by atoms with Crippen LogP contribution in [0.5, 0.6) is 0 Å². The number of allylic oxidation sites excluding steroid dienone is 1. The second kappa shape index (κ2) is 10.1. The molecule has 0 bridgehead atoms. The van der Waals surface area contributed by atoms with Crippen LogP contribution >= 0.6 is 11.6 Å². The molecule has 2 atom stereocenters. The molecule has 1 aliphatic heterocycles. The predicted octanol–water partition coefficient (Wildman–Crippen LogP) is 6.90. The first-order chi connectivity index (χ1) is 17.7. The molecule has 0 aromatic heterocycles. The summed E-state index contributed by atoms with van der Waals surface area (Å²) >= 11 is 6.16. The molecule has 5 nitrogen and oxygen atoms in total. The van der Waals surface area contributed by atoms with Gasteiger partial charge >= 0.3 is 12.1 Å². The number of anilines is 1. The molecule has 11 heteroatoms. The number of hydrogen-bond acceptors (Lipinski definition) is 3. The van der Waals surface area contributed by atoms with Gasteiger partial charge in [-0.2, -0.15) is 13.2 Å². The standard InChI is InChI=1S/C27H22ClF4NO4S/c1-15(25-22(28)7-4-8-23(25)29)11-17-9-10-18-13-21(26(34)35)16(2)33(24(18)12-17)38(36,37)20-6-3-5-19(14-20)27(30,31)32/h3-12,14,16,21H,13H2,1-2H3,(H,34,35). The first-order valence-electron chi connectivity index (χ1n) is 11.4. The third-order valence-electron chi connectivity index (χ3n) is 6.51. The summed E-state index contributed by atoms with van der Waals surface area (Å²) < 4.78 is 82.7. The number of rotatable bonds is 5. The summed E-state index contributed by atoms with van der Waals surface area (Å²) in [6, 6.07) is 11.1. The van der Waals surface area contributed by atoms with Gasteiger partial charge in [0.2, 0.25) is 0 Å². The van der Waals surface area contributed by atoms with Crippen LogP contribution in [-0.2, 0) is 27.4 Å². The number of carboxylic acid groups (broad SMARTS) is 1. The van der Waals surface area contributed by atoms with E-state index in [9.17, 15) is 35.9 Å². The summed E-state index contributed by atoms with van der Waals surface area (Å²) in [5.41, 5.74) is 0.462. The molecule has 2 unspecified atom stereocenters. The fraction of sp³-hybridized carbons (Fsp3) is 0.222. The van der Waals surface area contributed by atoms with E-state index < -0.39 is 50.4 Å². The molecule has 0 radical (unpaired) electrons. The van der Waals surface area contributed by atoms with E-state index in [1.165, 1.54) is 31.2 Å². The van der Waals surface area contributed by atoms with Gasteiger partial charge in [0.05, 0.1) is 33.1 Å². The fourth-order valence-electron chi connectivity index (χ4n) is 4.62. The molecule has 200 valence electrons. The fourth-order valence-corrected chi connectivity index (χ4v) is 6.70. The summed E-state index contributed by atoms with van der Waals surface area (Å²) in [4.78, 5) is 11.4. The zero-order valence-corrected chi connectivity index (χ0v) is 21.7. The zero-order chi connectivity index (χ0) is 28.0. The summed E-state index contributed by atoms with van der Waals surface area (Å²) in [7, 11) is -4.62. The quantitative estimate of drug-likeness (QED) is 0.269. The lowest BCUT2D eigenvalue weighted by molar-refractivity contribution is -0.142. The van der Waals surface area contributed by atoms with Crippen LogP contribution in [0.15, 0.2) is 65.6 Å². The molecule has 0 saturated carbocycles. The molecule has 0 spiro atoms. The van der Waals surface area contributed by atoms with Crippen molar-refractivity contribution in [3.05, 3.63) is 93.8 Å². The van der Waals surface area contributed by atoms with Gasteiger partial charge in [0, 0.05) is 5.56 Å². The molecule has 0 saturated heterocycles. The zero-order valence-electron chi connectivity index (χ0n) is 20.1. The first-order valence-corrected chi connectivity index (χ1v) is 13.2. The lowest BCUT2D eigenvalue weighted by atomic mass is 9.87. The van der Waals surface area contributed by atoms with Crippen molar-refractivity contribution in [1.82, 2.24) is 0 Å². The first kappa shape index (κ1) is 27.7. The Morgan fingerprint density at radius 2 is 1.79 bits per heavy atom. The molecule has 3 aromatic rings. The highest BCUT2D eigenvalue weighted by Gasteiger charge is 2.42. The number of fused-ring (bicyclic) bond motifs is 1. The molecular weight excluding hydrogens is 546 g/mol. The second-order valence-electron chi connectivity index (χ2n) is 9.03. The van der Waals surface area contributed by atoms with Gasteiger partial charge in [-0.05, 0) is 73.4 Å². The monoisotopic (exact) mass is 567 g/mol. The number of sulfonamides is 1. The molecule has 1 N–H and O–H groups in total. The summed E-state index contributed by atoms with van der Waals surface area (Å²) in [5, 5.41) is 9.95. The third kappa shape index (κ3) is 5.15. The summed E-state index contributed by atoms with van der Waals surface area (Å²) in [6.45, 7) is 3.03. The van der Waals surface area contributed by atoms with E-state index >= 15 is 0 Å². The van der Waals surface area contributed by atoms with E-state index in [1.807, 2.05) is 0 Å². The van der Waals surface area contributed by atoms with Crippen molar-refractivity contribution in [3.8, 4) is 0 Å². The van der Waals surface area contributed by atoms with Crippen LogP contribution in [0, 0.1) is 11.7 Å². The number of halogens is 5. The number of alkyl halides is 3. The van der Waals surface area contributed by atoms with Gasteiger partial charge in [-0.25, -0.2) is 12.8 Å². The average Bonchev–Trinajstić information content (AvgIpc) is 2.82. The van der Waals surface area contributed by atoms with E-state index in [2.05, 4.69) is 0 Å². The molecule has 4 rings (SSSR count). The lowest BCUT2D eigenvalue weighted by Gasteiger charge is -2.39. The second-order valence-corrected chi connectivity index (χ2v) is 11.3. The molecular formula is C27H22ClF4NO4S. The van der Waals surface area contributed by atoms with E-state index in [0.29, 0.717) is 22.8 Å². The maximum atomic E-state index is 14.4. The Balaban J connectivity index is 1.87. The molecule has 38 heavy (non-hydrogen) atoms. The smallest absolute Gasteiger partial charge is 0.416 e. The minimum Gasteiger partial charge on any atom is -0.481 e. The SMILES string of the molecule is CC(=Cc1ccc2c(c1)N(S(=O)(=O)c1cccc(C(F)(F)F)c1)C(C)C(C(=O)O)C2)c1c(F)cccc1Cl. The Morgan fingerprint density at radius 1 is 1.11 bits per heavy atom. The molecule has 0 amide bonds. The largest absolute Gasteiger partial charge is 0.481 e. The highest BCUT2D eigenvalue weighted by molar-refractivity contribution is 7.92. The number of nitrogens with zero attached hydrogens (tertiary/aromatic N) is 1. The van der Waals surface area contributed by atoms with E-state index in [-0.39, 0.29) is 22.7 Å². The van der Waals surface area contributed by atoms with E-state index in [0.717, 1.165) is 22.5 Å². The van der Waals surface area contributed by atoms with Crippen molar-refractivity contribution in [2.45, 2.75) is 37.4 Å². The van der Waals surface area contributed by atoms with Gasteiger partial charge in [0.25, 0.3) is 10.0 Å². The molecule has 0 aliphatic carbocycles. The Kier molecular flexibility index (Phi) is 7.33. The number of hydrogen-bond donors (Lipinski definition) is 1. The number of carboxylic acids is 1. The van der Waals surface area contributed by atoms with Crippen molar-refractivity contribution in [2.75, 3.05) is 4.31 Å². The van der Waals surface area contributed by atoms with Gasteiger partial charge in [-0.1, -0.05) is 41.9 Å². The highest BCUT2D eigenvalue weighted by atomic mass is 35.5. The van der Waals surface area contributed by atoms with E-state index in [4.69, 9.17) is 11.6 Å². The predicted molar refractivity (Wildman–Crippen MR) is 137 cm³/mol. The average molecular weight is 568 g/mol. The molecule has 1 heterocycles. The van der Waals surface area contributed by atoms with Crippen molar-refractivity contribution >= 4 is 44.9 Å². The molecule has 3 aromatic carbocycles. The number of benzene rings is 3. The van der Waals surface area contributed by atoms with Gasteiger partial charge in [-0.3, -0.25) is 9.10 Å². The minimum atomic E-state index is -4.77. The van der Waals surface area contributed by atoms with Crippen molar-refractivity contribution in [1.29, 1.82) is 0 Å². The number of carbonyl (C=O) groups is 1. The Hall–Kier alpha value is -3.37. The van der Waals surface area contributed by atoms with Crippen LogP contribution in [0.4, 0.5) is 23.2 Å². The van der Waals surface area contributed by atoms with Crippen LogP contribution in [0.3, 0.4) is 0 Å². The Labute approximate surface area is 222 Å². The third-order valence-corrected chi connectivity index (χ3v) is 8.73.